The molecule has 1 amide bonds. The molecule has 126 valence electrons. The number of hydrogen-bond acceptors (Lipinski definition) is 4. The van der Waals surface area contributed by atoms with Crippen molar-refractivity contribution in [3.8, 4) is 5.75 Å². The van der Waals surface area contributed by atoms with Crippen LogP contribution in [0.1, 0.15) is 50.6 Å². The minimum Gasteiger partial charge on any atom is -0.479 e. The number of aliphatic hydroxyl groups excluding tert-OH is 1. The fourth-order valence-electron chi connectivity index (χ4n) is 3.73. The van der Waals surface area contributed by atoms with E-state index in [1.807, 2.05) is 18.2 Å². The average Bonchev–Trinajstić information content (AvgIpc) is 2.59. The summed E-state index contributed by atoms with van der Waals surface area (Å²) in [6, 6.07) is 5.87. The lowest BCUT2D eigenvalue weighted by molar-refractivity contribution is -0.125. The van der Waals surface area contributed by atoms with Crippen molar-refractivity contribution in [2.75, 3.05) is 18.1 Å². The fraction of sp³-hybridized carbons (Fsp3) is 0.611. The van der Waals surface area contributed by atoms with E-state index in [9.17, 15) is 9.90 Å². The maximum Gasteiger partial charge on any atom is 0.267 e. The van der Waals surface area contributed by atoms with Gasteiger partial charge in [-0.25, -0.2) is 0 Å². The van der Waals surface area contributed by atoms with Gasteiger partial charge in [0, 0.05) is 12.6 Å². The number of benzene rings is 1. The van der Waals surface area contributed by atoms with E-state index in [1.54, 1.807) is 11.8 Å². The highest BCUT2D eigenvalue weighted by Crippen LogP contribution is 2.39. The van der Waals surface area contributed by atoms with E-state index in [-0.39, 0.29) is 25.1 Å². The number of fused-ring (bicyclic) bond motifs is 1. The lowest BCUT2D eigenvalue weighted by Crippen LogP contribution is -2.45. The molecule has 3 rings (SSSR count). The maximum atomic E-state index is 12.3. The number of carbonyl (C=O) groups excluding carboxylic acids is 1. The van der Waals surface area contributed by atoms with Crippen molar-refractivity contribution in [3.63, 3.8) is 0 Å². The van der Waals surface area contributed by atoms with Crippen LogP contribution in [0.15, 0.2) is 18.2 Å². The Morgan fingerprint density at radius 3 is 2.78 bits per heavy atom. The summed E-state index contributed by atoms with van der Waals surface area (Å²) in [5, 5.41) is 9.27. The normalized spacial score (nSPS) is 23.3. The zero-order valence-electron chi connectivity index (χ0n) is 13.7. The number of anilines is 1. The van der Waals surface area contributed by atoms with Crippen molar-refractivity contribution in [1.82, 2.24) is 0 Å². The van der Waals surface area contributed by atoms with Gasteiger partial charge >= 0.3 is 0 Å². The summed E-state index contributed by atoms with van der Waals surface area (Å²) < 4.78 is 5.69. The Bertz CT molecular complexity index is 569. The summed E-state index contributed by atoms with van der Waals surface area (Å²) in [6.07, 6.45) is 5.62. The van der Waals surface area contributed by atoms with E-state index >= 15 is 0 Å². The Balaban J connectivity index is 1.89. The number of aliphatic hydroxyl groups is 1. The van der Waals surface area contributed by atoms with E-state index in [4.69, 9.17) is 10.5 Å². The van der Waals surface area contributed by atoms with Gasteiger partial charge in [-0.15, -0.1) is 0 Å². The van der Waals surface area contributed by atoms with Crippen LogP contribution in [0, 0.1) is 5.92 Å². The highest BCUT2D eigenvalue weighted by molar-refractivity contribution is 5.99. The molecule has 0 saturated heterocycles. The lowest BCUT2D eigenvalue weighted by atomic mass is 9.81. The fourth-order valence-corrected chi connectivity index (χ4v) is 3.73. The minimum absolute atomic E-state index is 0.00831. The second kappa shape index (κ2) is 6.89. The summed E-state index contributed by atoms with van der Waals surface area (Å²) >= 11 is 0. The van der Waals surface area contributed by atoms with Crippen molar-refractivity contribution in [2.45, 2.75) is 51.2 Å². The van der Waals surface area contributed by atoms with Gasteiger partial charge in [0.2, 0.25) is 0 Å². The van der Waals surface area contributed by atoms with Crippen molar-refractivity contribution in [1.29, 1.82) is 0 Å². The number of hydrogen-bond donors (Lipinski definition) is 2. The molecule has 1 heterocycles. The SMILES string of the molecule is CC1Oc2ccc(C(N)C3CCCCC3)cc2N(CCO)C1=O. The smallest absolute Gasteiger partial charge is 0.267 e. The molecule has 5 nitrogen and oxygen atoms in total. The standard InChI is InChI=1S/C18H26N2O3/c1-12-18(22)20(9-10-21)15-11-14(7-8-16(15)23-12)17(19)13-5-3-2-4-6-13/h7-8,11-13,17,21H,2-6,9-10,19H2,1H3. The van der Waals surface area contributed by atoms with Gasteiger partial charge in [0.05, 0.1) is 12.3 Å². The Kier molecular flexibility index (Phi) is 4.87. The van der Waals surface area contributed by atoms with Crippen molar-refractivity contribution in [2.24, 2.45) is 11.7 Å². The van der Waals surface area contributed by atoms with Gasteiger partial charge in [0.25, 0.3) is 5.91 Å². The van der Waals surface area contributed by atoms with Gasteiger partial charge in [-0.2, -0.15) is 0 Å². The maximum absolute atomic E-state index is 12.3. The third kappa shape index (κ3) is 3.21. The Hall–Kier alpha value is -1.59. The molecule has 0 bridgehead atoms. The van der Waals surface area contributed by atoms with Crippen LogP contribution in [-0.4, -0.2) is 30.3 Å². The van der Waals surface area contributed by atoms with Crippen molar-refractivity contribution >= 4 is 11.6 Å². The highest BCUT2D eigenvalue weighted by atomic mass is 16.5. The monoisotopic (exact) mass is 318 g/mol. The molecule has 1 aliphatic carbocycles. The largest absolute Gasteiger partial charge is 0.479 e. The van der Waals surface area contributed by atoms with Crippen LogP contribution < -0.4 is 15.4 Å². The average molecular weight is 318 g/mol. The number of carbonyl (C=O) groups is 1. The highest BCUT2D eigenvalue weighted by Gasteiger charge is 2.32. The number of rotatable bonds is 4. The molecule has 3 N–H and O–H groups in total. The summed E-state index contributed by atoms with van der Waals surface area (Å²) in [6.45, 7) is 1.94. The molecule has 1 aromatic rings. The molecular weight excluding hydrogens is 292 g/mol. The summed E-state index contributed by atoms with van der Waals surface area (Å²) in [5.41, 5.74) is 8.26. The molecule has 1 aliphatic heterocycles. The summed E-state index contributed by atoms with van der Waals surface area (Å²) in [7, 11) is 0. The van der Waals surface area contributed by atoms with Gasteiger partial charge < -0.3 is 20.5 Å². The zero-order chi connectivity index (χ0) is 16.4. The quantitative estimate of drug-likeness (QED) is 0.893. The predicted octanol–water partition coefficient (Wildman–Crippen LogP) is 2.37. The molecular formula is C18H26N2O3. The molecule has 0 spiro atoms. The first-order valence-corrected chi connectivity index (χ1v) is 8.60. The molecule has 5 heteroatoms. The van der Waals surface area contributed by atoms with E-state index in [1.165, 1.54) is 32.1 Å². The van der Waals surface area contributed by atoms with Crippen molar-refractivity contribution in [3.05, 3.63) is 23.8 Å². The van der Waals surface area contributed by atoms with Gasteiger partial charge in [-0.3, -0.25) is 4.79 Å². The number of nitrogens with zero attached hydrogens (tertiary/aromatic N) is 1. The molecule has 0 radical (unpaired) electrons. The van der Waals surface area contributed by atoms with Gasteiger partial charge in [0.1, 0.15) is 5.75 Å². The van der Waals surface area contributed by atoms with Crippen LogP contribution in [0.3, 0.4) is 0 Å². The molecule has 1 aromatic carbocycles. The number of ether oxygens (including phenoxy) is 1. The molecule has 1 fully saturated rings. The molecule has 1 saturated carbocycles. The van der Waals surface area contributed by atoms with Gasteiger partial charge in [0.15, 0.2) is 6.10 Å². The topological polar surface area (TPSA) is 75.8 Å². The lowest BCUT2D eigenvalue weighted by Gasteiger charge is -2.34. The second-order valence-corrected chi connectivity index (χ2v) is 6.62. The number of amides is 1. The minimum atomic E-state index is -0.521. The Labute approximate surface area is 137 Å². The van der Waals surface area contributed by atoms with Gasteiger partial charge in [-0.05, 0) is 43.4 Å². The third-order valence-corrected chi connectivity index (χ3v) is 5.06. The molecule has 0 aromatic heterocycles. The van der Waals surface area contributed by atoms with Crippen LogP contribution in [0.5, 0.6) is 5.75 Å². The Morgan fingerprint density at radius 2 is 2.09 bits per heavy atom. The van der Waals surface area contributed by atoms with Crippen LogP contribution in [0.25, 0.3) is 0 Å². The third-order valence-electron chi connectivity index (χ3n) is 5.06. The summed E-state index contributed by atoms with van der Waals surface area (Å²) in [5.74, 6) is 1.08. The first-order valence-electron chi connectivity index (χ1n) is 8.60. The molecule has 2 atom stereocenters. The van der Waals surface area contributed by atoms with Crippen LogP contribution >= 0.6 is 0 Å². The van der Waals surface area contributed by atoms with Crippen LogP contribution in [0.4, 0.5) is 5.69 Å². The van der Waals surface area contributed by atoms with E-state index in [2.05, 4.69) is 0 Å². The predicted molar refractivity (Wildman–Crippen MR) is 89.5 cm³/mol. The summed E-state index contributed by atoms with van der Waals surface area (Å²) in [4.78, 5) is 13.9. The van der Waals surface area contributed by atoms with E-state index in [0.717, 1.165) is 11.3 Å². The number of nitrogens with two attached hydrogens (primary N) is 1. The van der Waals surface area contributed by atoms with E-state index < -0.39 is 6.10 Å². The van der Waals surface area contributed by atoms with Crippen LogP contribution in [0.2, 0.25) is 0 Å². The van der Waals surface area contributed by atoms with Gasteiger partial charge in [-0.1, -0.05) is 25.3 Å². The first-order chi connectivity index (χ1) is 11.1. The zero-order valence-corrected chi connectivity index (χ0v) is 13.7. The van der Waals surface area contributed by atoms with Crippen molar-refractivity contribution < 1.29 is 14.6 Å². The first kappa shape index (κ1) is 16.3. The van der Waals surface area contributed by atoms with E-state index in [0.29, 0.717) is 11.7 Å². The molecule has 2 unspecified atom stereocenters. The number of β-amino-alcohol motifs (C(OH)–C–C–N with tert-alkyl or cyclic N) is 1. The second-order valence-electron chi connectivity index (χ2n) is 6.62. The molecule has 2 aliphatic rings. The van der Waals surface area contributed by atoms with Crippen LogP contribution in [-0.2, 0) is 4.79 Å². The molecule has 23 heavy (non-hydrogen) atoms. The Morgan fingerprint density at radius 1 is 1.35 bits per heavy atom.